The van der Waals surface area contributed by atoms with Gasteiger partial charge in [0.25, 0.3) is 0 Å². The van der Waals surface area contributed by atoms with E-state index in [2.05, 4.69) is 17.0 Å². The van der Waals surface area contributed by atoms with E-state index in [-0.39, 0.29) is 25.2 Å². The Labute approximate surface area is 155 Å². The normalized spacial score (nSPS) is 19.6. The number of piperidine rings is 1. The van der Waals surface area contributed by atoms with Crippen LogP contribution in [-0.2, 0) is 0 Å². The van der Waals surface area contributed by atoms with Crippen LogP contribution in [0.2, 0.25) is 0 Å². The topological polar surface area (TPSA) is 86.8 Å². The van der Waals surface area contributed by atoms with Crippen molar-refractivity contribution in [3.8, 4) is 0 Å². The van der Waals surface area contributed by atoms with Gasteiger partial charge in [-0.3, -0.25) is 9.69 Å². The lowest BCUT2D eigenvalue weighted by molar-refractivity contribution is 0.0570. The molecule has 0 unspecified atom stereocenters. The molecule has 0 bridgehead atoms. The van der Waals surface area contributed by atoms with Crippen molar-refractivity contribution in [1.29, 1.82) is 0 Å². The minimum absolute atomic E-state index is 0.00716. The molecule has 4 N–H and O–H groups in total. The fourth-order valence-electron chi connectivity index (χ4n) is 4.27. The Bertz CT molecular complexity index is 659. The maximum absolute atomic E-state index is 11.9. The molecule has 1 aliphatic heterocycles. The van der Waals surface area contributed by atoms with Gasteiger partial charge < -0.3 is 15.9 Å². The van der Waals surface area contributed by atoms with E-state index in [4.69, 9.17) is 5.73 Å². The van der Waals surface area contributed by atoms with E-state index in [0.29, 0.717) is 11.5 Å². The number of carbonyl (C=O) groups excluding carboxylic acids is 1. The number of aliphatic hydroxyl groups excluding tert-OH is 2. The molecule has 1 amide bonds. The van der Waals surface area contributed by atoms with Gasteiger partial charge in [0.05, 0.1) is 19.3 Å². The van der Waals surface area contributed by atoms with E-state index in [1.165, 1.54) is 17.6 Å². The predicted octanol–water partition coefficient (Wildman–Crippen LogP) is 2.28. The zero-order valence-electron chi connectivity index (χ0n) is 15.4. The average molecular weight is 358 g/mol. The Balaban J connectivity index is 1.79. The highest BCUT2D eigenvalue weighted by Crippen LogP contribution is 2.34. The van der Waals surface area contributed by atoms with Gasteiger partial charge in [-0.2, -0.15) is 0 Å². The highest BCUT2D eigenvalue weighted by atomic mass is 16.3. The molecule has 26 heavy (non-hydrogen) atoms. The van der Waals surface area contributed by atoms with Gasteiger partial charge in [0.2, 0.25) is 5.91 Å². The molecule has 1 fully saturated rings. The molecular formula is C21H30N2O3. The van der Waals surface area contributed by atoms with E-state index < -0.39 is 0 Å². The highest BCUT2D eigenvalue weighted by Gasteiger charge is 2.26. The van der Waals surface area contributed by atoms with Crippen LogP contribution in [0, 0.1) is 0 Å². The zero-order valence-corrected chi connectivity index (χ0v) is 15.4. The van der Waals surface area contributed by atoms with Crippen molar-refractivity contribution in [2.45, 2.75) is 50.5 Å². The van der Waals surface area contributed by atoms with Gasteiger partial charge in [-0.05, 0) is 80.3 Å². The standard InChI is InChI=1S/C21H30N2O3/c22-21(26)19-7-6-17(12-20(19)16-4-2-1-3-5-16)15-8-10-23(11-9-15)18(13-24)14-25/h4,6-7,12,15,18,24-25H,1-3,5,8-11,13-14H2,(H2,22,26). The lowest BCUT2D eigenvalue weighted by Crippen LogP contribution is -2.44. The zero-order chi connectivity index (χ0) is 18.5. The summed E-state index contributed by atoms with van der Waals surface area (Å²) in [5, 5.41) is 18.7. The first kappa shape index (κ1) is 19.1. The summed E-state index contributed by atoms with van der Waals surface area (Å²) in [4.78, 5) is 14.0. The third-order valence-electron chi connectivity index (χ3n) is 5.88. The molecule has 1 heterocycles. The fraction of sp³-hybridized carbons (Fsp3) is 0.571. The van der Waals surface area contributed by atoms with Crippen LogP contribution in [0.1, 0.15) is 65.9 Å². The molecule has 0 spiro atoms. The van der Waals surface area contributed by atoms with Gasteiger partial charge in [0.1, 0.15) is 0 Å². The molecule has 1 saturated heterocycles. The number of carbonyl (C=O) groups is 1. The maximum atomic E-state index is 11.9. The van der Waals surface area contributed by atoms with Crippen molar-refractivity contribution in [3.05, 3.63) is 41.0 Å². The number of rotatable bonds is 6. The number of nitrogens with two attached hydrogens (primary N) is 1. The minimum Gasteiger partial charge on any atom is -0.395 e. The van der Waals surface area contributed by atoms with Crippen molar-refractivity contribution in [3.63, 3.8) is 0 Å². The number of benzene rings is 1. The molecule has 0 saturated carbocycles. The first-order valence-corrected chi connectivity index (χ1v) is 9.73. The minimum atomic E-state index is -0.360. The number of hydrogen-bond donors (Lipinski definition) is 3. The first-order valence-electron chi connectivity index (χ1n) is 9.73. The Morgan fingerprint density at radius 1 is 1.19 bits per heavy atom. The second kappa shape index (κ2) is 8.80. The third-order valence-corrected chi connectivity index (χ3v) is 5.88. The van der Waals surface area contributed by atoms with E-state index in [1.807, 2.05) is 12.1 Å². The van der Waals surface area contributed by atoms with Crippen molar-refractivity contribution < 1.29 is 15.0 Å². The molecule has 1 aromatic rings. The maximum Gasteiger partial charge on any atom is 0.249 e. The van der Waals surface area contributed by atoms with Crippen LogP contribution < -0.4 is 5.73 Å². The molecule has 5 heteroatoms. The van der Waals surface area contributed by atoms with Crippen molar-refractivity contribution in [1.82, 2.24) is 4.90 Å². The second-order valence-corrected chi connectivity index (χ2v) is 7.47. The van der Waals surface area contributed by atoms with Crippen molar-refractivity contribution in [2.24, 2.45) is 5.73 Å². The quantitative estimate of drug-likeness (QED) is 0.728. The Hall–Kier alpha value is -1.69. The summed E-state index contributed by atoms with van der Waals surface area (Å²) >= 11 is 0. The monoisotopic (exact) mass is 358 g/mol. The molecule has 0 atom stereocenters. The molecule has 2 aliphatic rings. The SMILES string of the molecule is NC(=O)c1ccc(C2CCN(C(CO)CO)CC2)cc1C1=CCCCC1. The van der Waals surface area contributed by atoms with Crippen LogP contribution in [0.3, 0.4) is 0 Å². The molecule has 0 radical (unpaired) electrons. The summed E-state index contributed by atoms with van der Waals surface area (Å²) in [6.07, 6.45) is 8.69. The van der Waals surface area contributed by atoms with Crippen molar-refractivity contribution in [2.75, 3.05) is 26.3 Å². The van der Waals surface area contributed by atoms with E-state index >= 15 is 0 Å². The first-order chi connectivity index (χ1) is 12.6. The number of likely N-dealkylation sites (tertiary alicyclic amines) is 1. The lowest BCUT2D eigenvalue weighted by atomic mass is 9.84. The molecule has 5 nitrogen and oxygen atoms in total. The van der Waals surface area contributed by atoms with E-state index in [1.54, 1.807) is 0 Å². The number of primary amides is 1. The molecule has 1 aliphatic carbocycles. The van der Waals surface area contributed by atoms with Crippen LogP contribution in [0.5, 0.6) is 0 Å². The smallest absolute Gasteiger partial charge is 0.249 e. The number of aliphatic hydroxyl groups is 2. The van der Waals surface area contributed by atoms with Gasteiger partial charge >= 0.3 is 0 Å². The van der Waals surface area contributed by atoms with Crippen molar-refractivity contribution >= 4 is 11.5 Å². The van der Waals surface area contributed by atoms with Gasteiger partial charge in [0.15, 0.2) is 0 Å². The summed E-state index contributed by atoms with van der Waals surface area (Å²) in [6.45, 7) is 1.72. The van der Waals surface area contributed by atoms with Gasteiger partial charge in [-0.15, -0.1) is 0 Å². The van der Waals surface area contributed by atoms with E-state index in [0.717, 1.165) is 50.8 Å². The number of nitrogens with zero attached hydrogens (tertiary/aromatic N) is 1. The highest BCUT2D eigenvalue weighted by molar-refractivity contribution is 5.98. The van der Waals surface area contributed by atoms with Gasteiger partial charge in [-0.25, -0.2) is 0 Å². The van der Waals surface area contributed by atoms with Crippen LogP contribution in [0.15, 0.2) is 24.3 Å². The second-order valence-electron chi connectivity index (χ2n) is 7.47. The molecular weight excluding hydrogens is 328 g/mol. The molecule has 142 valence electrons. The molecule has 0 aromatic heterocycles. The number of allylic oxidation sites excluding steroid dienone is 2. The fourth-order valence-corrected chi connectivity index (χ4v) is 4.27. The molecule has 1 aromatic carbocycles. The largest absolute Gasteiger partial charge is 0.395 e. The molecule has 3 rings (SSSR count). The van der Waals surface area contributed by atoms with Gasteiger partial charge in [0, 0.05) is 5.56 Å². The van der Waals surface area contributed by atoms with Gasteiger partial charge in [-0.1, -0.05) is 18.2 Å². The Kier molecular flexibility index (Phi) is 6.46. The Morgan fingerprint density at radius 3 is 2.50 bits per heavy atom. The van der Waals surface area contributed by atoms with Crippen LogP contribution >= 0.6 is 0 Å². The third kappa shape index (κ3) is 4.17. The van der Waals surface area contributed by atoms with Crippen LogP contribution in [-0.4, -0.2) is 53.4 Å². The van der Waals surface area contributed by atoms with E-state index in [9.17, 15) is 15.0 Å². The summed E-state index contributed by atoms with van der Waals surface area (Å²) in [5.74, 6) is 0.0794. The van der Waals surface area contributed by atoms with Crippen LogP contribution in [0.25, 0.3) is 5.57 Å². The predicted molar refractivity (Wildman–Crippen MR) is 103 cm³/mol. The summed E-state index contributed by atoms with van der Waals surface area (Å²) < 4.78 is 0. The lowest BCUT2D eigenvalue weighted by Gasteiger charge is -2.36. The summed E-state index contributed by atoms with van der Waals surface area (Å²) in [7, 11) is 0. The van der Waals surface area contributed by atoms with Crippen LogP contribution in [0.4, 0.5) is 0 Å². The number of hydrogen-bond acceptors (Lipinski definition) is 4. The summed E-state index contributed by atoms with van der Waals surface area (Å²) in [6, 6.07) is 5.95. The summed E-state index contributed by atoms with van der Waals surface area (Å²) in [5.41, 5.74) is 9.77. The number of amides is 1. The average Bonchev–Trinajstić information content (AvgIpc) is 2.69. The Morgan fingerprint density at radius 2 is 1.92 bits per heavy atom.